The average Bonchev–Trinajstić information content (AvgIpc) is 2.41. The van der Waals surface area contributed by atoms with E-state index in [1.165, 1.54) is 12.0 Å². The van der Waals surface area contributed by atoms with E-state index in [0.29, 0.717) is 12.0 Å². The summed E-state index contributed by atoms with van der Waals surface area (Å²) in [6.07, 6.45) is 2.38. The molecule has 0 saturated carbocycles. The lowest BCUT2D eigenvalue weighted by Crippen LogP contribution is -2.27. The lowest BCUT2D eigenvalue weighted by atomic mass is 9.94. The van der Waals surface area contributed by atoms with Gasteiger partial charge in [0.15, 0.2) is 0 Å². The summed E-state index contributed by atoms with van der Waals surface area (Å²) in [5, 5.41) is 0.808. The summed E-state index contributed by atoms with van der Waals surface area (Å²) < 4.78 is 0. The number of benzene rings is 1. The van der Waals surface area contributed by atoms with E-state index in [1.54, 1.807) is 0 Å². The summed E-state index contributed by atoms with van der Waals surface area (Å²) in [7, 11) is 2.18. The second kappa shape index (κ2) is 8.66. The minimum Gasteiger partial charge on any atom is -0.330 e. The monoisotopic (exact) mass is 296 g/mol. The Labute approximate surface area is 129 Å². The van der Waals surface area contributed by atoms with Crippen LogP contribution in [-0.4, -0.2) is 25.0 Å². The molecule has 2 atom stereocenters. The Morgan fingerprint density at radius 1 is 1.25 bits per heavy atom. The molecule has 1 aromatic carbocycles. The highest BCUT2D eigenvalue weighted by Crippen LogP contribution is 2.23. The van der Waals surface area contributed by atoms with Crippen LogP contribution in [0.3, 0.4) is 0 Å². The Balaban J connectivity index is 2.51. The van der Waals surface area contributed by atoms with Gasteiger partial charge in [0.05, 0.1) is 0 Å². The zero-order valence-electron chi connectivity index (χ0n) is 13.3. The number of hydrogen-bond donors (Lipinski definition) is 1. The van der Waals surface area contributed by atoms with Crippen molar-refractivity contribution in [3.63, 3.8) is 0 Å². The van der Waals surface area contributed by atoms with Crippen LogP contribution >= 0.6 is 11.6 Å². The summed E-state index contributed by atoms with van der Waals surface area (Å²) >= 11 is 6.07. The Kier molecular flexibility index (Phi) is 7.57. The molecule has 0 aliphatic rings. The van der Waals surface area contributed by atoms with Crippen LogP contribution in [0, 0.1) is 11.8 Å². The third kappa shape index (κ3) is 5.82. The van der Waals surface area contributed by atoms with Crippen LogP contribution in [0.2, 0.25) is 5.02 Å². The molecule has 0 radical (unpaired) electrons. The van der Waals surface area contributed by atoms with Gasteiger partial charge in [0.1, 0.15) is 0 Å². The lowest BCUT2D eigenvalue weighted by Gasteiger charge is -2.27. The Hall–Kier alpha value is -0.570. The maximum atomic E-state index is 6.07. The van der Waals surface area contributed by atoms with Gasteiger partial charge in [-0.3, -0.25) is 4.90 Å². The minimum absolute atomic E-state index is 0.381. The summed E-state index contributed by atoms with van der Waals surface area (Å²) in [5.74, 6) is 1.35. The highest BCUT2D eigenvalue weighted by Gasteiger charge is 2.15. The molecule has 0 saturated heterocycles. The van der Waals surface area contributed by atoms with Crippen molar-refractivity contribution in [2.24, 2.45) is 17.6 Å². The highest BCUT2D eigenvalue weighted by molar-refractivity contribution is 6.30. The summed E-state index contributed by atoms with van der Waals surface area (Å²) in [5.41, 5.74) is 7.15. The number of hydrogen-bond acceptors (Lipinski definition) is 2. The molecule has 114 valence electrons. The number of nitrogens with zero attached hydrogens (tertiary/aromatic N) is 1. The molecule has 0 bridgehead atoms. The van der Waals surface area contributed by atoms with E-state index >= 15 is 0 Å². The third-order valence-corrected chi connectivity index (χ3v) is 4.26. The maximum absolute atomic E-state index is 6.07. The van der Waals surface area contributed by atoms with Crippen molar-refractivity contribution in [2.75, 3.05) is 20.1 Å². The minimum atomic E-state index is 0.381. The van der Waals surface area contributed by atoms with Gasteiger partial charge >= 0.3 is 0 Å². The van der Waals surface area contributed by atoms with Crippen LogP contribution in [0.4, 0.5) is 0 Å². The first-order chi connectivity index (χ1) is 9.43. The van der Waals surface area contributed by atoms with Crippen LogP contribution in [-0.2, 0) is 0 Å². The number of halogens is 1. The van der Waals surface area contributed by atoms with Gasteiger partial charge in [-0.2, -0.15) is 0 Å². The number of rotatable bonds is 8. The standard InChI is InChI=1S/C17H29ClN2/c1-13(2)10-15(12-19)8-9-20(4)14(3)16-6-5-7-17(18)11-16/h5-7,11,13-15H,8-10,12,19H2,1-4H3. The second-order valence-electron chi connectivity index (χ2n) is 6.23. The Bertz CT molecular complexity index is 392. The van der Waals surface area contributed by atoms with Gasteiger partial charge in [-0.25, -0.2) is 0 Å². The first-order valence-corrected chi connectivity index (χ1v) is 7.97. The molecule has 0 amide bonds. The zero-order valence-corrected chi connectivity index (χ0v) is 14.0. The van der Waals surface area contributed by atoms with Crippen molar-refractivity contribution in [2.45, 2.75) is 39.7 Å². The van der Waals surface area contributed by atoms with Crippen molar-refractivity contribution in [1.82, 2.24) is 4.90 Å². The van der Waals surface area contributed by atoms with Gasteiger partial charge in [-0.15, -0.1) is 0 Å². The van der Waals surface area contributed by atoms with Gasteiger partial charge in [0.2, 0.25) is 0 Å². The van der Waals surface area contributed by atoms with Gasteiger partial charge in [-0.05, 0) is 69.4 Å². The molecular formula is C17H29ClN2. The largest absolute Gasteiger partial charge is 0.330 e. The third-order valence-electron chi connectivity index (χ3n) is 4.02. The van der Waals surface area contributed by atoms with Crippen LogP contribution in [0.25, 0.3) is 0 Å². The van der Waals surface area contributed by atoms with Crippen molar-refractivity contribution < 1.29 is 0 Å². The Morgan fingerprint density at radius 3 is 2.50 bits per heavy atom. The maximum Gasteiger partial charge on any atom is 0.0409 e. The molecule has 0 fully saturated rings. The van der Waals surface area contributed by atoms with E-state index in [1.807, 2.05) is 12.1 Å². The van der Waals surface area contributed by atoms with Gasteiger partial charge in [0, 0.05) is 11.1 Å². The smallest absolute Gasteiger partial charge is 0.0409 e. The predicted molar refractivity (Wildman–Crippen MR) is 89.1 cm³/mol. The van der Waals surface area contributed by atoms with E-state index < -0.39 is 0 Å². The van der Waals surface area contributed by atoms with Crippen LogP contribution in [0.5, 0.6) is 0 Å². The molecular weight excluding hydrogens is 268 g/mol. The first-order valence-electron chi connectivity index (χ1n) is 7.59. The molecule has 2 N–H and O–H groups in total. The van der Waals surface area contributed by atoms with Crippen molar-refractivity contribution in [1.29, 1.82) is 0 Å². The molecule has 0 aliphatic carbocycles. The summed E-state index contributed by atoms with van der Waals surface area (Å²) in [6, 6.07) is 8.51. The molecule has 0 aliphatic heterocycles. The second-order valence-corrected chi connectivity index (χ2v) is 6.67. The fraction of sp³-hybridized carbons (Fsp3) is 0.647. The van der Waals surface area contributed by atoms with E-state index in [0.717, 1.165) is 30.5 Å². The molecule has 1 rings (SSSR count). The molecule has 0 aromatic heterocycles. The molecule has 1 aromatic rings. The van der Waals surface area contributed by atoms with Gasteiger partial charge < -0.3 is 5.73 Å². The molecule has 0 spiro atoms. The van der Waals surface area contributed by atoms with Crippen LogP contribution < -0.4 is 5.73 Å². The van der Waals surface area contributed by atoms with E-state index in [2.05, 4.69) is 44.9 Å². The molecule has 2 nitrogen and oxygen atoms in total. The fourth-order valence-electron chi connectivity index (χ4n) is 2.60. The van der Waals surface area contributed by atoms with Crippen molar-refractivity contribution in [3.8, 4) is 0 Å². The van der Waals surface area contributed by atoms with Crippen LogP contribution in [0.1, 0.15) is 45.2 Å². The summed E-state index contributed by atoms with van der Waals surface area (Å²) in [6.45, 7) is 8.62. The highest BCUT2D eigenvalue weighted by atomic mass is 35.5. The van der Waals surface area contributed by atoms with E-state index in [9.17, 15) is 0 Å². The SMILES string of the molecule is CC(C)CC(CN)CCN(C)C(C)c1cccc(Cl)c1. The molecule has 20 heavy (non-hydrogen) atoms. The average molecular weight is 297 g/mol. The van der Waals surface area contributed by atoms with Gasteiger partial charge in [-0.1, -0.05) is 37.6 Å². The van der Waals surface area contributed by atoms with Gasteiger partial charge in [0.25, 0.3) is 0 Å². The fourth-order valence-corrected chi connectivity index (χ4v) is 2.80. The molecule has 3 heteroatoms. The van der Waals surface area contributed by atoms with Crippen molar-refractivity contribution in [3.05, 3.63) is 34.9 Å². The number of nitrogens with two attached hydrogens (primary N) is 1. The summed E-state index contributed by atoms with van der Waals surface area (Å²) in [4.78, 5) is 2.38. The lowest BCUT2D eigenvalue weighted by molar-refractivity contribution is 0.233. The molecule has 2 unspecified atom stereocenters. The normalized spacial score (nSPS) is 14.8. The van der Waals surface area contributed by atoms with Crippen LogP contribution in [0.15, 0.2) is 24.3 Å². The quantitative estimate of drug-likeness (QED) is 0.773. The predicted octanol–water partition coefficient (Wildman–Crippen LogP) is 4.34. The Morgan fingerprint density at radius 2 is 1.95 bits per heavy atom. The van der Waals surface area contributed by atoms with E-state index in [4.69, 9.17) is 17.3 Å². The first kappa shape index (κ1) is 17.5. The van der Waals surface area contributed by atoms with Crippen molar-refractivity contribution >= 4 is 11.6 Å². The zero-order chi connectivity index (χ0) is 15.1. The molecule has 0 heterocycles. The van der Waals surface area contributed by atoms with E-state index in [-0.39, 0.29) is 0 Å². The topological polar surface area (TPSA) is 29.3 Å².